The van der Waals surface area contributed by atoms with E-state index in [2.05, 4.69) is 40.6 Å². The Morgan fingerprint density at radius 1 is 1.14 bits per heavy atom. The van der Waals surface area contributed by atoms with Gasteiger partial charge in [-0.05, 0) is 37.1 Å². The Hall–Kier alpha value is -2.07. The summed E-state index contributed by atoms with van der Waals surface area (Å²) in [6.07, 6.45) is 1.00. The molecule has 0 aliphatic rings. The predicted molar refractivity (Wildman–Crippen MR) is 89.4 cm³/mol. The molecule has 0 aliphatic carbocycles. The maximum atomic E-state index is 5.52. The van der Waals surface area contributed by atoms with E-state index in [-0.39, 0.29) is 0 Å². The molecule has 0 bridgehead atoms. The summed E-state index contributed by atoms with van der Waals surface area (Å²) in [5.41, 5.74) is 2.36. The number of fused-ring (bicyclic) bond motifs is 1. The van der Waals surface area contributed by atoms with Crippen molar-refractivity contribution in [2.75, 3.05) is 18.5 Å². The molecule has 21 heavy (non-hydrogen) atoms. The van der Waals surface area contributed by atoms with Crippen LogP contribution in [0, 0.1) is 0 Å². The van der Waals surface area contributed by atoms with Crippen LogP contribution in [-0.4, -0.2) is 18.1 Å². The summed E-state index contributed by atoms with van der Waals surface area (Å²) in [5.74, 6) is 0.907. The first-order chi connectivity index (χ1) is 10.3. The van der Waals surface area contributed by atoms with Gasteiger partial charge in [0.25, 0.3) is 0 Å². The van der Waals surface area contributed by atoms with E-state index >= 15 is 0 Å². The van der Waals surface area contributed by atoms with Gasteiger partial charge < -0.3 is 10.1 Å². The molecule has 3 aromatic rings. The summed E-state index contributed by atoms with van der Waals surface area (Å²) in [5, 5.41) is 4.37. The van der Waals surface area contributed by atoms with Crippen molar-refractivity contribution in [1.82, 2.24) is 4.98 Å². The molecule has 0 saturated heterocycles. The standard InChI is InChI=1S/C17H18N2OS/c1-2-20-14-8-9-15-16(12-14)21-17(19-15)18-11-10-13-6-4-3-5-7-13/h3-9,12H,2,10-11H2,1H3,(H,18,19). The lowest BCUT2D eigenvalue weighted by Gasteiger charge is -2.02. The lowest BCUT2D eigenvalue weighted by Crippen LogP contribution is -2.04. The first-order valence-corrected chi connectivity index (χ1v) is 7.98. The Morgan fingerprint density at radius 3 is 2.81 bits per heavy atom. The van der Waals surface area contributed by atoms with E-state index in [1.807, 2.05) is 25.1 Å². The number of aromatic nitrogens is 1. The molecule has 0 saturated carbocycles. The van der Waals surface area contributed by atoms with Crippen LogP contribution >= 0.6 is 11.3 Å². The minimum atomic E-state index is 0.687. The second-order valence-electron chi connectivity index (χ2n) is 4.74. The number of hydrogen-bond acceptors (Lipinski definition) is 4. The lowest BCUT2D eigenvalue weighted by atomic mass is 10.2. The molecule has 1 N–H and O–H groups in total. The molecule has 108 valence electrons. The van der Waals surface area contributed by atoms with E-state index in [1.165, 1.54) is 5.56 Å². The fourth-order valence-electron chi connectivity index (χ4n) is 2.20. The smallest absolute Gasteiger partial charge is 0.183 e. The van der Waals surface area contributed by atoms with Gasteiger partial charge in [-0.2, -0.15) is 0 Å². The quantitative estimate of drug-likeness (QED) is 0.734. The highest BCUT2D eigenvalue weighted by Gasteiger charge is 2.04. The predicted octanol–water partition coefficient (Wildman–Crippen LogP) is 4.35. The zero-order chi connectivity index (χ0) is 14.5. The highest BCUT2D eigenvalue weighted by atomic mass is 32.1. The average Bonchev–Trinajstić information content (AvgIpc) is 2.91. The molecule has 0 atom stereocenters. The minimum absolute atomic E-state index is 0.687. The summed E-state index contributed by atoms with van der Waals surface area (Å²) in [4.78, 5) is 4.60. The van der Waals surface area contributed by atoms with Crippen LogP contribution in [0.1, 0.15) is 12.5 Å². The van der Waals surface area contributed by atoms with Crippen LogP contribution in [0.2, 0.25) is 0 Å². The van der Waals surface area contributed by atoms with E-state index in [1.54, 1.807) is 11.3 Å². The van der Waals surface area contributed by atoms with Crippen molar-refractivity contribution in [2.24, 2.45) is 0 Å². The van der Waals surface area contributed by atoms with Gasteiger partial charge in [-0.3, -0.25) is 0 Å². The van der Waals surface area contributed by atoms with E-state index in [0.717, 1.165) is 34.1 Å². The Balaban J connectivity index is 1.64. The van der Waals surface area contributed by atoms with Crippen LogP contribution in [0.5, 0.6) is 5.75 Å². The van der Waals surface area contributed by atoms with Gasteiger partial charge in [0.05, 0.1) is 16.8 Å². The number of nitrogens with zero attached hydrogens (tertiary/aromatic N) is 1. The molecule has 0 radical (unpaired) electrons. The number of hydrogen-bond donors (Lipinski definition) is 1. The number of thiazole rings is 1. The topological polar surface area (TPSA) is 34.1 Å². The molecule has 0 spiro atoms. The van der Waals surface area contributed by atoms with Crippen LogP contribution < -0.4 is 10.1 Å². The van der Waals surface area contributed by atoms with Crippen LogP contribution in [0.4, 0.5) is 5.13 Å². The largest absolute Gasteiger partial charge is 0.494 e. The number of benzene rings is 2. The van der Waals surface area contributed by atoms with E-state index in [9.17, 15) is 0 Å². The molecule has 0 unspecified atom stereocenters. The van der Waals surface area contributed by atoms with Crippen molar-refractivity contribution >= 4 is 26.7 Å². The van der Waals surface area contributed by atoms with Gasteiger partial charge in [-0.15, -0.1) is 0 Å². The molecule has 3 nitrogen and oxygen atoms in total. The third kappa shape index (κ3) is 3.52. The maximum Gasteiger partial charge on any atom is 0.183 e. The second-order valence-corrected chi connectivity index (χ2v) is 5.77. The van der Waals surface area contributed by atoms with Gasteiger partial charge in [0.2, 0.25) is 0 Å². The third-order valence-corrected chi connectivity index (χ3v) is 4.18. The molecule has 1 heterocycles. The fraction of sp³-hybridized carbons (Fsp3) is 0.235. The monoisotopic (exact) mass is 298 g/mol. The fourth-order valence-corrected chi connectivity index (χ4v) is 3.12. The van der Waals surface area contributed by atoms with Gasteiger partial charge in [0, 0.05) is 6.54 Å². The van der Waals surface area contributed by atoms with Gasteiger partial charge in [0.15, 0.2) is 5.13 Å². The van der Waals surface area contributed by atoms with Gasteiger partial charge in [0.1, 0.15) is 5.75 Å². The molecular weight excluding hydrogens is 280 g/mol. The summed E-state index contributed by atoms with van der Waals surface area (Å²) in [6, 6.07) is 16.5. The number of nitrogens with one attached hydrogen (secondary N) is 1. The van der Waals surface area contributed by atoms with Crippen molar-refractivity contribution in [3.05, 3.63) is 54.1 Å². The minimum Gasteiger partial charge on any atom is -0.494 e. The van der Waals surface area contributed by atoms with Gasteiger partial charge in [-0.1, -0.05) is 41.7 Å². The molecule has 0 fully saturated rings. The van der Waals surface area contributed by atoms with E-state index in [0.29, 0.717) is 6.61 Å². The highest BCUT2D eigenvalue weighted by molar-refractivity contribution is 7.22. The van der Waals surface area contributed by atoms with Crippen LogP contribution in [0.15, 0.2) is 48.5 Å². The summed E-state index contributed by atoms with van der Waals surface area (Å²) in [7, 11) is 0. The molecule has 0 aliphatic heterocycles. The number of ether oxygens (including phenoxy) is 1. The maximum absolute atomic E-state index is 5.52. The van der Waals surface area contributed by atoms with Gasteiger partial charge in [-0.25, -0.2) is 4.98 Å². The van der Waals surface area contributed by atoms with Gasteiger partial charge >= 0.3 is 0 Å². The molecule has 0 amide bonds. The third-order valence-electron chi connectivity index (χ3n) is 3.20. The molecular formula is C17H18N2OS. The summed E-state index contributed by atoms with van der Waals surface area (Å²) in [6.45, 7) is 3.57. The van der Waals surface area contributed by atoms with Crippen molar-refractivity contribution in [3.63, 3.8) is 0 Å². The SMILES string of the molecule is CCOc1ccc2nc(NCCc3ccccc3)sc2c1. The average molecular weight is 298 g/mol. The first kappa shape index (κ1) is 13.9. The Morgan fingerprint density at radius 2 is 2.00 bits per heavy atom. The normalized spacial score (nSPS) is 10.7. The molecule has 2 aromatic carbocycles. The first-order valence-electron chi connectivity index (χ1n) is 7.16. The second kappa shape index (κ2) is 6.59. The Bertz CT molecular complexity index is 709. The van der Waals surface area contributed by atoms with Crippen LogP contribution in [-0.2, 0) is 6.42 Å². The number of rotatable bonds is 6. The summed E-state index contributed by atoms with van der Waals surface area (Å²) >= 11 is 1.67. The molecule has 3 rings (SSSR count). The Kier molecular flexibility index (Phi) is 4.36. The van der Waals surface area contributed by atoms with E-state index < -0.39 is 0 Å². The summed E-state index contributed by atoms with van der Waals surface area (Å²) < 4.78 is 6.68. The van der Waals surface area contributed by atoms with E-state index in [4.69, 9.17) is 4.74 Å². The van der Waals surface area contributed by atoms with Crippen molar-refractivity contribution in [1.29, 1.82) is 0 Å². The van der Waals surface area contributed by atoms with Crippen molar-refractivity contribution in [2.45, 2.75) is 13.3 Å². The zero-order valence-electron chi connectivity index (χ0n) is 12.0. The molecule has 1 aromatic heterocycles. The van der Waals surface area contributed by atoms with Crippen LogP contribution in [0.25, 0.3) is 10.2 Å². The zero-order valence-corrected chi connectivity index (χ0v) is 12.8. The van der Waals surface area contributed by atoms with Crippen molar-refractivity contribution < 1.29 is 4.74 Å². The van der Waals surface area contributed by atoms with Crippen LogP contribution in [0.3, 0.4) is 0 Å². The Labute approximate surface area is 128 Å². The number of anilines is 1. The lowest BCUT2D eigenvalue weighted by molar-refractivity contribution is 0.341. The molecule has 4 heteroatoms. The highest BCUT2D eigenvalue weighted by Crippen LogP contribution is 2.29. The van der Waals surface area contributed by atoms with Crippen molar-refractivity contribution in [3.8, 4) is 5.75 Å².